The first-order valence-corrected chi connectivity index (χ1v) is 4.93. The van der Waals surface area contributed by atoms with Crippen molar-refractivity contribution in [1.29, 1.82) is 0 Å². The molecule has 0 aliphatic carbocycles. The second-order valence-electron chi connectivity index (χ2n) is 3.49. The molecule has 3 heterocycles. The molecule has 84 valence electrons. The van der Waals surface area contributed by atoms with Crippen LogP contribution in [0, 0.1) is 0 Å². The largest absolute Gasteiger partial charge is 0.384 e. The molecule has 3 aromatic heterocycles. The van der Waals surface area contributed by atoms with E-state index in [1.54, 1.807) is 18.2 Å². The van der Waals surface area contributed by atoms with Crippen LogP contribution >= 0.6 is 0 Å². The molecular weight excluding hydrogens is 218 g/mol. The SMILES string of the molecule is Nc1cccc(-c2nc3ncnc(N)c3[nH]2)n1. The molecule has 0 fully saturated rings. The Morgan fingerprint density at radius 3 is 2.71 bits per heavy atom. The van der Waals surface area contributed by atoms with Crippen LogP contribution in [0.25, 0.3) is 22.7 Å². The molecule has 0 aliphatic rings. The number of hydrogen-bond donors (Lipinski definition) is 3. The first-order valence-electron chi connectivity index (χ1n) is 4.93. The third-order valence-corrected chi connectivity index (χ3v) is 2.33. The zero-order valence-electron chi connectivity index (χ0n) is 8.75. The van der Waals surface area contributed by atoms with Gasteiger partial charge >= 0.3 is 0 Å². The summed E-state index contributed by atoms with van der Waals surface area (Å²) in [6, 6.07) is 5.32. The maximum Gasteiger partial charge on any atom is 0.183 e. The fraction of sp³-hybridized carbons (Fsp3) is 0. The fourth-order valence-electron chi connectivity index (χ4n) is 1.55. The van der Waals surface area contributed by atoms with Gasteiger partial charge in [-0.05, 0) is 12.1 Å². The number of H-pyrrole nitrogens is 1. The van der Waals surface area contributed by atoms with Crippen molar-refractivity contribution < 1.29 is 0 Å². The Bertz CT molecular complexity index is 688. The minimum absolute atomic E-state index is 0.359. The average Bonchev–Trinajstić information content (AvgIpc) is 2.74. The molecule has 3 aromatic rings. The molecule has 7 heteroatoms. The number of nitrogens with one attached hydrogen (secondary N) is 1. The van der Waals surface area contributed by atoms with Crippen molar-refractivity contribution in [3.8, 4) is 11.5 Å². The molecular formula is C10H9N7. The molecule has 0 atom stereocenters. The summed E-state index contributed by atoms with van der Waals surface area (Å²) in [5.41, 5.74) is 13.1. The van der Waals surface area contributed by atoms with Crippen LogP contribution in [0.1, 0.15) is 0 Å². The minimum Gasteiger partial charge on any atom is -0.384 e. The first-order chi connectivity index (χ1) is 8.24. The van der Waals surface area contributed by atoms with E-state index in [1.807, 2.05) is 0 Å². The molecule has 5 N–H and O–H groups in total. The van der Waals surface area contributed by atoms with E-state index in [2.05, 4.69) is 24.9 Å². The van der Waals surface area contributed by atoms with Crippen LogP contribution in [0.3, 0.4) is 0 Å². The number of rotatable bonds is 1. The van der Waals surface area contributed by atoms with Gasteiger partial charge < -0.3 is 16.5 Å². The summed E-state index contributed by atoms with van der Waals surface area (Å²) in [6.45, 7) is 0. The summed E-state index contributed by atoms with van der Waals surface area (Å²) in [5, 5.41) is 0. The fourth-order valence-corrected chi connectivity index (χ4v) is 1.55. The van der Waals surface area contributed by atoms with Crippen LogP contribution in [0.15, 0.2) is 24.5 Å². The predicted molar refractivity (Wildman–Crippen MR) is 63.7 cm³/mol. The van der Waals surface area contributed by atoms with Gasteiger partial charge in [0, 0.05) is 0 Å². The number of aromatic nitrogens is 5. The standard InChI is InChI=1S/C10H9N7/c11-6-3-1-2-5(15-6)9-16-7-8(12)13-4-14-10(7)17-9/h1-4H,(H2,11,15)(H3,12,13,14,16,17). The molecule has 0 saturated carbocycles. The topological polar surface area (TPSA) is 119 Å². The second kappa shape index (κ2) is 3.41. The van der Waals surface area contributed by atoms with Gasteiger partial charge in [0.25, 0.3) is 0 Å². The van der Waals surface area contributed by atoms with Gasteiger partial charge in [-0.25, -0.2) is 19.9 Å². The number of nitrogen functional groups attached to an aromatic ring is 2. The second-order valence-corrected chi connectivity index (χ2v) is 3.49. The Labute approximate surface area is 95.9 Å². The number of anilines is 2. The minimum atomic E-state index is 0.359. The monoisotopic (exact) mass is 227 g/mol. The molecule has 0 saturated heterocycles. The van der Waals surface area contributed by atoms with Crippen molar-refractivity contribution in [2.75, 3.05) is 11.5 Å². The van der Waals surface area contributed by atoms with E-state index in [4.69, 9.17) is 11.5 Å². The number of aromatic amines is 1. The third kappa shape index (κ3) is 1.53. The van der Waals surface area contributed by atoms with Crippen molar-refractivity contribution in [3.63, 3.8) is 0 Å². The smallest absolute Gasteiger partial charge is 0.183 e. The normalized spacial score (nSPS) is 10.8. The lowest BCUT2D eigenvalue weighted by molar-refractivity contribution is 1.20. The van der Waals surface area contributed by atoms with E-state index in [-0.39, 0.29) is 0 Å². The van der Waals surface area contributed by atoms with E-state index in [0.717, 1.165) is 0 Å². The van der Waals surface area contributed by atoms with Crippen molar-refractivity contribution in [3.05, 3.63) is 24.5 Å². The summed E-state index contributed by atoms with van der Waals surface area (Å²) in [6.07, 6.45) is 1.37. The number of fused-ring (bicyclic) bond motifs is 1. The molecule has 0 bridgehead atoms. The van der Waals surface area contributed by atoms with Gasteiger partial charge in [-0.15, -0.1) is 0 Å². The summed E-state index contributed by atoms with van der Waals surface area (Å²) >= 11 is 0. The van der Waals surface area contributed by atoms with Gasteiger partial charge in [-0.2, -0.15) is 0 Å². The van der Waals surface area contributed by atoms with Crippen molar-refractivity contribution >= 4 is 22.8 Å². The molecule has 3 rings (SSSR count). The van der Waals surface area contributed by atoms with E-state index in [1.165, 1.54) is 6.33 Å². The predicted octanol–water partition coefficient (Wildman–Crippen LogP) is 0.579. The molecule has 7 nitrogen and oxygen atoms in total. The number of pyridine rings is 1. The van der Waals surface area contributed by atoms with Crippen LogP contribution in [0.5, 0.6) is 0 Å². The summed E-state index contributed by atoms with van der Waals surface area (Å²) < 4.78 is 0. The van der Waals surface area contributed by atoms with Gasteiger partial charge in [0.05, 0.1) is 0 Å². The highest BCUT2D eigenvalue weighted by Crippen LogP contribution is 2.20. The van der Waals surface area contributed by atoms with Crippen LogP contribution < -0.4 is 11.5 Å². The Morgan fingerprint density at radius 2 is 1.94 bits per heavy atom. The Kier molecular flexibility index (Phi) is 1.91. The highest BCUT2D eigenvalue weighted by atomic mass is 15.1. The summed E-state index contributed by atoms with van der Waals surface area (Å²) in [7, 11) is 0. The van der Waals surface area contributed by atoms with Crippen LogP contribution in [0.4, 0.5) is 11.6 Å². The number of hydrogen-bond acceptors (Lipinski definition) is 6. The molecule has 17 heavy (non-hydrogen) atoms. The quantitative estimate of drug-likeness (QED) is 0.559. The van der Waals surface area contributed by atoms with Crippen LogP contribution in [-0.2, 0) is 0 Å². The van der Waals surface area contributed by atoms with E-state index >= 15 is 0 Å². The van der Waals surface area contributed by atoms with Crippen molar-refractivity contribution in [2.45, 2.75) is 0 Å². The lowest BCUT2D eigenvalue weighted by Crippen LogP contribution is -1.92. The van der Waals surface area contributed by atoms with Crippen molar-refractivity contribution in [2.24, 2.45) is 0 Å². The van der Waals surface area contributed by atoms with Gasteiger partial charge in [-0.1, -0.05) is 6.07 Å². The number of imidazole rings is 1. The van der Waals surface area contributed by atoms with Gasteiger partial charge in [0.2, 0.25) is 0 Å². The maximum absolute atomic E-state index is 5.71. The highest BCUT2D eigenvalue weighted by molar-refractivity contribution is 5.83. The zero-order chi connectivity index (χ0) is 11.8. The number of nitrogens with two attached hydrogens (primary N) is 2. The first kappa shape index (κ1) is 9.52. The van der Waals surface area contributed by atoms with Crippen molar-refractivity contribution in [1.82, 2.24) is 24.9 Å². The maximum atomic E-state index is 5.71. The van der Waals surface area contributed by atoms with Gasteiger partial charge in [-0.3, -0.25) is 0 Å². The Hall–Kier alpha value is -2.70. The third-order valence-electron chi connectivity index (χ3n) is 2.33. The highest BCUT2D eigenvalue weighted by Gasteiger charge is 2.09. The van der Waals surface area contributed by atoms with E-state index < -0.39 is 0 Å². The summed E-state index contributed by atoms with van der Waals surface area (Å²) in [4.78, 5) is 19.4. The van der Waals surface area contributed by atoms with Gasteiger partial charge in [0.1, 0.15) is 23.4 Å². The molecule has 0 spiro atoms. The van der Waals surface area contributed by atoms with Crippen LogP contribution in [0.2, 0.25) is 0 Å². The molecule has 0 unspecified atom stereocenters. The van der Waals surface area contributed by atoms with E-state index in [9.17, 15) is 0 Å². The lowest BCUT2D eigenvalue weighted by Gasteiger charge is -1.96. The van der Waals surface area contributed by atoms with Crippen LogP contribution in [-0.4, -0.2) is 24.9 Å². The lowest BCUT2D eigenvalue weighted by atomic mass is 10.3. The Balaban J connectivity index is 2.22. The van der Waals surface area contributed by atoms with Gasteiger partial charge in [0.15, 0.2) is 17.3 Å². The molecule has 0 aliphatic heterocycles. The molecule has 0 aromatic carbocycles. The molecule has 0 radical (unpaired) electrons. The average molecular weight is 227 g/mol. The Morgan fingerprint density at radius 1 is 1.06 bits per heavy atom. The zero-order valence-corrected chi connectivity index (χ0v) is 8.75. The molecule has 0 amide bonds. The summed E-state index contributed by atoms with van der Waals surface area (Å²) in [5.74, 6) is 1.36. The number of nitrogens with zero attached hydrogens (tertiary/aromatic N) is 4. The van der Waals surface area contributed by atoms with E-state index in [0.29, 0.717) is 34.3 Å².